The number of nitrogens with one attached hydrogen (secondary N) is 3. The molecule has 3 N–H and O–H groups in total. The lowest BCUT2D eigenvalue weighted by molar-refractivity contribution is 0.0925. The summed E-state index contributed by atoms with van der Waals surface area (Å²) >= 11 is 0. The molecule has 1 fully saturated rings. The summed E-state index contributed by atoms with van der Waals surface area (Å²) in [4.78, 5) is 18.9. The number of ether oxygens (including phenoxy) is 1. The first kappa shape index (κ1) is 27.0. The number of likely N-dealkylation sites (tertiary alicyclic amines) is 1. The average Bonchev–Trinajstić information content (AvgIpc) is 3.50. The number of nitrogens with zero attached hydrogens (tertiary/aromatic N) is 2. The summed E-state index contributed by atoms with van der Waals surface area (Å²) in [7, 11) is 3.49. The topological polar surface area (TPSA) is 91.1 Å². The van der Waals surface area contributed by atoms with Crippen LogP contribution in [0.5, 0.6) is 5.75 Å². The fraction of sp³-hybridized carbons (Fsp3) is 0.500. The van der Waals surface area contributed by atoms with Gasteiger partial charge in [0.25, 0.3) is 5.91 Å². The van der Waals surface area contributed by atoms with Gasteiger partial charge in [-0.1, -0.05) is 18.2 Å². The molecule has 0 aliphatic carbocycles. The van der Waals surface area contributed by atoms with E-state index in [-0.39, 0.29) is 35.9 Å². The van der Waals surface area contributed by atoms with Gasteiger partial charge >= 0.3 is 0 Å². The van der Waals surface area contributed by atoms with Gasteiger partial charge in [0, 0.05) is 37.8 Å². The number of hydrogen-bond acceptors (Lipinski definition) is 5. The minimum Gasteiger partial charge on any atom is -0.496 e. The van der Waals surface area contributed by atoms with Crippen LogP contribution in [0.2, 0.25) is 0 Å². The van der Waals surface area contributed by atoms with Crippen LogP contribution in [0, 0.1) is 6.92 Å². The molecule has 1 amide bonds. The summed E-state index contributed by atoms with van der Waals surface area (Å²) in [6.45, 7) is 6.02. The van der Waals surface area contributed by atoms with E-state index in [1.165, 1.54) is 24.7 Å². The van der Waals surface area contributed by atoms with E-state index in [2.05, 4.69) is 38.0 Å². The first-order chi connectivity index (χ1) is 15.6. The lowest BCUT2D eigenvalue weighted by Crippen LogP contribution is -2.43. The Hall–Kier alpha value is -2.27. The Morgan fingerprint density at radius 3 is 2.55 bits per heavy atom. The van der Waals surface area contributed by atoms with Crippen molar-refractivity contribution in [1.29, 1.82) is 0 Å². The minimum atomic E-state index is -0.180. The van der Waals surface area contributed by atoms with E-state index in [9.17, 15) is 4.79 Å². The quantitative estimate of drug-likeness (QED) is 0.176. The van der Waals surface area contributed by atoms with Crippen molar-refractivity contribution in [3.63, 3.8) is 0 Å². The number of furan rings is 1. The van der Waals surface area contributed by atoms with Crippen LogP contribution in [0.4, 0.5) is 0 Å². The molecule has 1 unspecified atom stereocenters. The molecule has 9 heteroatoms. The number of carbonyl (C=O) groups is 1. The van der Waals surface area contributed by atoms with Gasteiger partial charge in [0.15, 0.2) is 11.7 Å². The van der Waals surface area contributed by atoms with E-state index >= 15 is 0 Å². The van der Waals surface area contributed by atoms with Gasteiger partial charge in [0.05, 0.1) is 19.4 Å². The molecular weight excluding hydrogens is 533 g/mol. The number of para-hydroxylation sites is 1. The molecule has 8 nitrogen and oxygen atoms in total. The zero-order valence-corrected chi connectivity index (χ0v) is 22.1. The standard InChI is InChI=1S/C24H35N5O3.HI/c1-18-11-16-32-22(18)23(30)26-12-8-13-27-24(25-2)28-17-20(29-14-6-7-15-29)19-9-4-5-10-21(19)31-3;/h4-5,9-11,16,20H,6-8,12-15,17H2,1-3H3,(H,26,30)(H2,25,27,28);1H. The van der Waals surface area contributed by atoms with Crippen LogP contribution in [0.25, 0.3) is 0 Å². The number of benzene rings is 1. The summed E-state index contributed by atoms with van der Waals surface area (Å²) in [5, 5.41) is 9.68. The van der Waals surface area contributed by atoms with E-state index < -0.39 is 0 Å². The van der Waals surface area contributed by atoms with Crippen molar-refractivity contribution in [3.05, 3.63) is 53.5 Å². The van der Waals surface area contributed by atoms with Crippen molar-refractivity contribution < 1.29 is 13.9 Å². The van der Waals surface area contributed by atoms with Gasteiger partial charge in [-0.3, -0.25) is 14.7 Å². The first-order valence-corrected chi connectivity index (χ1v) is 11.3. The summed E-state index contributed by atoms with van der Waals surface area (Å²) in [6, 6.07) is 10.2. The lowest BCUT2D eigenvalue weighted by atomic mass is 10.0. The highest BCUT2D eigenvalue weighted by Gasteiger charge is 2.26. The van der Waals surface area contributed by atoms with Crippen LogP contribution in [0.3, 0.4) is 0 Å². The van der Waals surface area contributed by atoms with E-state index in [0.717, 1.165) is 43.3 Å². The smallest absolute Gasteiger partial charge is 0.287 e. The number of aliphatic imine (C=N–C) groups is 1. The molecule has 0 bridgehead atoms. The van der Waals surface area contributed by atoms with Crippen LogP contribution < -0.4 is 20.7 Å². The highest BCUT2D eigenvalue weighted by atomic mass is 127. The van der Waals surface area contributed by atoms with Gasteiger partial charge in [-0.25, -0.2) is 0 Å². The molecule has 1 aromatic heterocycles. The van der Waals surface area contributed by atoms with E-state index in [1.54, 1.807) is 20.2 Å². The molecule has 0 radical (unpaired) electrons. The summed E-state index contributed by atoms with van der Waals surface area (Å²) < 4.78 is 10.8. The van der Waals surface area contributed by atoms with Crippen molar-refractivity contribution in [1.82, 2.24) is 20.9 Å². The molecule has 33 heavy (non-hydrogen) atoms. The van der Waals surface area contributed by atoms with Gasteiger partial charge in [-0.15, -0.1) is 24.0 Å². The summed E-state index contributed by atoms with van der Waals surface area (Å²) in [5.41, 5.74) is 2.03. The van der Waals surface area contributed by atoms with E-state index in [4.69, 9.17) is 9.15 Å². The van der Waals surface area contributed by atoms with Gasteiger partial charge in [-0.05, 0) is 51.4 Å². The second-order valence-corrected chi connectivity index (χ2v) is 7.92. The molecule has 182 valence electrons. The molecule has 2 heterocycles. The van der Waals surface area contributed by atoms with Crippen molar-refractivity contribution >= 4 is 35.8 Å². The van der Waals surface area contributed by atoms with Crippen LogP contribution in [0.1, 0.15) is 47.0 Å². The number of rotatable bonds is 10. The van der Waals surface area contributed by atoms with Crippen LogP contribution in [-0.4, -0.2) is 63.6 Å². The SMILES string of the molecule is CN=C(NCCCNC(=O)c1occc1C)NCC(c1ccccc1OC)N1CCCC1.I. The molecule has 3 rings (SSSR count). The van der Waals surface area contributed by atoms with E-state index in [1.807, 2.05) is 19.1 Å². The number of carbonyl (C=O) groups excluding carboxylic acids is 1. The van der Waals surface area contributed by atoms with Gasteiger partial charge in [-0.2, -0.15) is 0 Å². The number of amides is 1. The molecule has 1 atom stereocenters. The molecule has 1 saturated heterocycles. The average molecular weight is 569 g/mol. The lowest BCUT2D eigenvalue weighted by Gasteiger charge is -2.30. The predicted molar refractivity (Wildman–Crippen MR) is 142 cm³/mol. The maximum Gasteiger partial charge on any atom is 0.287 e. The number of halogens is 1. The number of guanidine groups is 1. The third kappa shape index (κ3) is 7.63. The Balaban J connectivity index is 0.00000385. The Morgan fingerprint density at radius 1 is 1.15 bits per heavy atom. The maximum atomic E-state index is 12.1. The summed E-state index contributed by atoms with van der Waals surface area (Å²) in [5.74, 6) is 1.86. The summed E-state index contributed by atoms with van der Waals surface area (Å²) in [6.07, 6.45) is 4.75. The highest BCUT2D eigenvalue weighted by Crippen LogP contribution is 2.31. The molecule has 1 aliphatic rings. The molecule has 1 aromatic carbocycles. The fourth-order valence-electron chi connectivity index (χ4n) is 4.03. The second kappa shape index (κ2) is 14.1. The molecule has 0 saturated carbocycles. The van der Waals surface area contributed by atoms with Crippen molar-refractivity contribution in [2.75, 3.05) is 46.9 Å². The fourth-order valence-corrected chi connectivity index (χ4v) is 4.03. The first-order valence-electron chi connectivity index (χ1n) is 11.3. The Bertz CT molecular complexity index is 896. The van der Waals surface area contributed by atoms with Crippen LogP contribution >= 0.6 is 24.0 Å². The molecular formula is C24H36IN5O3. The van der Waals surface area contributed by atoms with Crippen molar-refractivity contribution in [2.24, 2.45) is 4.99 Å². The predicted octanol–water partition coefficient (Wildman–Crippen LogP) is 3.34. The maximum absolute atomic E-state index is 12.1. The number of hydrogen-bond donors (Lipinski definition) is 3. The van der Waals surface area contributed by atoms with Gasteiger partial charge in [0.2, 0.25) is 0 Å². The molecule has 2 aromatic rings. The third-order valence-corrected chi connectivity index (χ3v) is 5.77. The monoisotopic (exact) mass is 569 g/mol. The second-order valence-electron chi connectivity index (χ2n) is 7.92. The van der Waals surface area contributed by atoms with Gasteiger partial charge < -0.3 is 25.1 Å². The molecule has 0 spiro atoms. The zero-order chi connectivity index (χ0) is 22.8. The van der Waals surface area contributed by atoms with Gasteiger partial charge in [0.1, 0.15) is 5.75 Å². The third-order valence-electron chi connectivity index (χ3n) is 5.77. The Labute approximate surface area is 213 Å². The van der Waals surface area contributed by atoms with Crippen molar-refractivity contribution in [3.8, 4) is 5.75 Å². The highest BCUT2D eigenvalue weighted by molar-refractivity contribution is 14.0. The Morgan fingerprint density at radius 2 is 1.88 bits per heavy atom. The normalized spacial score (nSPS) is 14.9. The Kier molecular flexibility index (Phi) is 11.5. The number of aryl methyl sites for hydroxylation is 1. The van der Waals surface area contributed by atoms with Crippen LogP contribution in [-0.2, 0) is 0 Å². The van der Waals surface area contributed by atoms with Crippen LogP contribution in [0.15, 0.2) is 46.0 Å². The van der Waals surface area contributed by atoms with E-state index in [0.29, 0.717) is 18.8 Å². The molecule has 1 aliphatic heterocycles. The minimum absolute atomic E-state index is 0. The zero-order valence-electron chi connectivity index (χ0n) is 19.7. The van der Waals surface area contributed by atoms with Crippen molar-refractivity contribution in [2.45, 2.75) is 32.2 Å². The number of methoxy groups -OCH3 is 1. The largest absolute Gasteiger partial charge is 0.496 e.